The molecule has 0 aromatic rings. The number of likely N-dealkylation sites (N-methyl/N-ethyl adjacent to an activating group) is 1. The molecule has 0 radical (unpaired) electrons. The average molecular weight is 242 g/mol. The number of carbonyl (C=O) groups is 2. The number of hydrogen-bond donors (Lipinski definition) is 2. The van der Waals surface area contributed by atoms with Crippen LogP contribution in [0.4, 0.5) is 4.79 Å². The standard InChI is InChI=1S/C11H22N4O2/c1-9(16)15-6-4-10(8-15)13-11(17)12-5-7-14(2)3/h10H,4-8H2,1-3H3,(H2,12,13,17)/t10-/m1/s1. The molecule has 0 aromatic heterocycles. The summed E-state index contributed by atoms with van der Waals surface area (Å²) in [5.74, 6) is 0.0716. The smallest absolute Gasteiger partial charge is 0.315 e. The van der Waals surface area contributed by atoms with E-state index >= 15 is 0 Å². The Balaban J connectivity index is 2.17. The highest BCUT2D eigenvalue weighted by molar-refractivity contribution is 5.75. The Morgan fingerprint density at radius 2 is 2.12 bits per heavy atom. The summed E-state index contributed by atoms with van der Waals surface area (Å²) in [5.41, 5.74) is 0. The molecule has 1 atom stereocenters. The van der Waals surface area contributed by atoms with Crippen LogP contribution in [-0.2, 0) is 4.79 Å². The number of rotatable bonds is 4. The molecule has 1 saturated heterocycles. The number of hydrogen-bond acceptors (Lipinski definition) is 3. The van der Waals surface area contributed by atoms with Crippen molar-refractivity contribution in [2.24, 2.45) is 0 Å². The van der Waals surface area contributed by atoms with Gasteiger partial charge in [0.15, 0.2) is 0 Å². The minimum atomic E-state index is -0.151. The van der Waals surface area contributed by atoms with Crippen LogP contribution in [0.5, 0.6) is 0 Å². The molecule has 1 aliphatic rings. The van der Waals surface area contributed by atoms with Crippen LogP contribution in [0.2, 0.25) is 0 Å². The van der Waals surface area contributed by atoms with Crippen molar-refractivity contribution < 1.29 is 9.59 Å². The van der Waals surface area contributed by atoms with E-state index in [0.717, 1.165) is 19.5 Å². The van der Waals surface area contributed by atoms with Gasteiger partial charge in [0.25, 0.3) is 0 Å². The number of amides is 3. The van der Waals surface area contributed by atoms with Gasteiger partial charge in [-0.25, -0.2) is 4.79 Å². The zero-order valence-electron chi connectivity index (χ0n) is 10.8. The Kier molecular flexibility index (Phi) is 5.21. The third kappa shape index (κ3) is 5.04. The van der Waals surface area contributed by atoms with Crippen molar-refractivity contribution in [3.63, 3.8) is 0 Å². The fraction of sp³-hybridized carbons (Fsp3) is 0.818. The van der Waals surface area contributed by atoms with Crippen molar-refractivity contribution in [3.8, 4) is 0 Å². The predicted octanol–water partition coefficient (Wildman–Crippen LogP) is -0.532. The van der Waals surface area contributed by atoms with E-state index in [0.29, 0.717) is 13.1 Å². The average Bonchev–Trinajstić information content (AvgIpc) is 2.65. The molecule has 6 nitrogen and oxygen atoms in total. The summed E-state index contributed by atoms with van der Waals surface area (Å²) in [5, 5.41) is 5.66. The number of likely N-dealkylation sites (tertiary alicyclic amines) is 1. The Morgan fingerprint density at radius 1 is 1.41 bits per heavy atom. The van der Waals surface area contributed by atoms with Crippen LogP contribution >= 0.6 is 0 Å². The topological polar surface area (TPSA) is 64.7 Å². The molecular formula is C11H22N4O2. The first-order chi connectivity index (χ1) is 7.99. The molecule has 1 aliphatic heterocycles. The van der Waals surface area contributed by atoms with Gasteiger partial charge in [0.05, 0.1) is 0 Å². The van der Waals surface area contributed by atoms with Crippen molar-refractivity contribution >= 4 is 11.9 Å². The largest absolute Gasteiger partial charge is 0.341 e. The van der Waals surface area contributed by atoms with Gasteiger partial charge in [-0.2, -0.15) is 0 Å². The van der Waals surface area contributed by atoms with E-state index < -0.39 is 0 Å². The quantitative estimate of drug-likeness (QED) is 0.696. The fourth-order valence-electron chi connectivity index (χ4n) is 1.79. The van der Waals surface area contributed by atoms with E-state index in [1.165, 1.54) is 0 Å². The Hall–Kier alpha value is -1.30. The second-order valence-corrected chi connectivity index (χ2v) is 4.65. The van der Waals surface area contributed by atoms with Gasteiger partial charge in [-0.3, -0.25) is 4.79 Å². The van der Waals surface area contributed by atoms with Crippen LogP contribution in [0.15, 0.2) is 0 Å². The maximum absolute atomic E-state index is 11.5. The molecule has 0 spiro atoms. The van der Waals surface area contributed by atoms with Crippen LogP contribution in [0, 0.1) is 0 Å². The highest BCUT2D eigenvalue weighted by Gasteiger charge is 2.24. The molecule has 6 heteroatoms. The van der Waals surface area contributed by atoms with E-state index in [4.69, 9.17) is 0 Å². The first-order valence-corrected chi connectivity index (χ1v) is 5.93. The minimum Gasteiger partial charge on any atom is -0.341 e. The van der Waals surface area contributed by atoms with Crippen molar-refractivity contribution in [2.45, 2.75) is 19.4 Å². The fourth-order valence-corrected chi connectivity index (χ4v) is 1.79. The zero-order chi connectivity index (χ0) is 12.8. The molecule has 0 saturated carbocycles. The summed E-state index contributed by atoms with van der Waals surface area (Å²) >= 11 is 0. The molecule has 3 amide bonds. The molecule has 1 fully saturated rings. The molecule has 1 heterocycles. The SMILES string of the molecule is CC(=O)N1CC[C@@H](NC(=O)NCCN(C)C)C1. The van der Waals surface area contributed by atoms with Gasteiger partial charge in [-0.15, -0.1) is 0 Å². The second-order valence-electron chi connectivity index (χ2n) is 4.65. The molecule has 17 heavy (non-hydrogen) atoms. The van der Waals surface area contributed by atoms with E-state index in [2.05, 4.69) is 10.6 Å². The summed E-state index contributed by atoms with van der Waals surface area (Å²) in [7, 11) is 3.92. The van der Waals surface area contributed by atoms with Crippen molar-refractivity contribution in [1.82, 2.24) is 20.4 Å². The van der Waals surface area contributed by atoms with E-state index in [1.807, 2.05) is 19.0 Å². The summed E-state index contributed by atoms with van der Waals surface area (Å²) in [6.07, 6.45) is 0.834. The Labute approximate surface area is 102 Å². The highest BCUT2D eigenvalue weighted by Crippen LogP contribution is 2.08. The lowest BCUT2D eigenvalue weighted by atomic mass is 10.3. The van der Waals surface area contributed by atoms with Crippen molar-refractivity contribution in [1.29, 1.82) is 0 Å². The number of nitrogens with zero attached hydrogens (tertiary/aromatic N) is 2. The first-order valence-electron chi connectivity index (χ1n) is 5.93. The van der Waals surface area contributed by atoms with Gasteiger partial charge in [-0.1, -0.05) is 0 Å². The third-order valence-corrected chi connectivity index (χ3v) is 2.81. The second kappa shape index (κ2) is 6.44. The number of urea groups is 1. The molecule has 0 aliphatic carbocycles. The summed E-state index contributed by atoms with van der Waals surface area (Å²) < 4.78 is 0. The van der Waals surface area contributed by atoms with Crippen LogP contribution in [0.25, 0.3) is 0 Å². The van der Waals surface area contributed by atoms with Gasteiger partial charge in [0, 0.05) is 39.1 Å². The predicted molar refractivity (Wildman–Crippen MR) is 65.7 cm³/mol. The van der Waals surface area contributed by atoms with E-state index in [1.54, 1.807) is 11.8 Å². The lowest BCUT2D eigenvalue weighted by Crippen LogP contribution is -2.45. The molecular weight excluding hydrogens is 220 g/mol. The monoisotopic (exact) mass is 242 g/mol. The van der Waals surface area contributed by atoms with Crippen LogP contribution in [0.3, 0.4) is 0 Å². The van der Waals surface area contributed by atoms with Gasteiger partial charge >= 0.3 is 6.03 Å². The van der Waals surface area contributed by atoms with Crippen LogP contribution < -0.4 is 10.6 Å². The maximum atomic E-state index is 11.5. The van der Waals surface area contributed by atoms with E-state index in [-0.39, 0.29) is 18.0 Å². The minimum absolute atomic E-state index is 0.0716. The van der Waals surface area contributed by atoms with Gasteiger partial charge in [0.1, 0.15) is 0 Å². The van der Waals surface area contributed by atoms with Crippen molar-refractivity contribution in [3.05, 3.63) is 0 Å². The molecule has 98 valence electrons. The van der Waals surface area contributed by atoms with Gasteiger partial charge in [0.2, 0.25) is 5.91 Å². The molecule has 1 rings (SSSR count). The molecule has 0 unspecified atom stereocenters. The van der Waals surface area contributed by atoms with Gasteiger partial charge in [-0.05, 0) is 20.5 Å². The first kappa shape index (κ1) is 13.8. The number of nitrogens with one attached hydrogen (secondary N) is 2. The lowest BCUT2D eigenvalue weighted by molar-refractivity contribution is -0.127. The number of carbonyl (C=O) groups excluding carboxylic acids is 2. The lowest BCUT2D eigenvalue weighted by Gasteiger charge is -2.16. The van der Waals surface area contributed by atoms with Crippen molar-refractivity contribution in [2.75, 3.05) is 40.3 Å². The van der Waals surface area contributed by atoms with Crippen LogP contribution in [-0.4, -0.2) is 68.1 Å². The Morgan fingerprint density at radius 3 is 2.65 bits per heavy atom. The summed E-state index contributed by atoms with van der Waals surface area (Å²) in [6.45, 7) is 4.35. The van der Waals surface area contributed by atoms with Gasteiger partial charge < -0.3 is 20.4 Å². The highest BCUT2D eigenvalue weighted by atomic mass is 16.2. The van der Waals surface area contributed by atoms with Crippen LogP contribution in [0.1, 0.15) is 13.3 Å². The molecule has 0 bridgehead atoms. The zero-order valence-corrected chi connectivity index (χ0v) is 10.8. The molecule has 0 aromatic carbocycles. The third-order valence-electron chi connectivity index (χ3n) is 2.81. The Bertz CT molecular complexity index is 281. The normalized spacial score (nSPS) is 19.5. The van der Waals surface area contributed by atoms with E-state index in [9.17, 15) is 9.59 Å². The summed E-state index contributed by atoms with van der Waals surface area (Å²) in [4.78, 5) is 26.4. The summed E-state index contributed by atoms with van der Waals surface area (Å²) in [6, 6.07) is -0.0690. The maximum Gasteiger partial charge on any atom is 0.315 e. The molecule has 2 N–H and O–H groups in total.